The van der Waals surface area contributed by atoms with Crippen LogP contribution in [-0.4, -0.2) is 23.0 Å². The van der Waals surface area contributed by atoms with Crippen LogP contribution in [0.15, 0.2) is 48.5 Å². The molecule has 140 valence electrons. The number of aromatic nitrogens is 1. The van der Waals surface area contributed by atoms with Crippen LogP contribution in [-0.2, 0) is 16.8 Å². The quantitative estimate of drug-likeness (QED) is 0.628. The Hall–Kier alpha value is -2.85. The standard InChI is InChI=1S/C24H23N3O/c1-14-13-23(2,3)27-20-15(14)8-6-9-18(20)24(22(27)28)21-17(11-12-25-24)16-7-4-5-10-19(16)26-21/h4-10,13,25-26H,11-12H2,1-3H3/p+1/t24-/m0/s1. The van der Waals surface area contributed by atoms with Gasteiger partial charge < -0.3 is 10.3 Å². The number of hydrogen-bond acceptors (Lipinski definition) is 1. The van der Waals surface area contributed by atoms with Crippen molar-refractivity contribution in [2.24, 2.45) is 0 Å². The van der Waals surface area contributed by atoms with E-state index in [1.807, 2.05) is 4.90 Å². The molecule has 28 heavy (non-hydrogen) atoms. The Morgan fingerprint density at radius 2 is 1.93 bits per heavy atom. The second kappa shape index (κ2) is 4.95. The lowest BCUT2D eigenvalue weighted by molar-refractivity contribution is -0.714. The average Bonchev–Trinajstić information content (AvgIpc) is 3.17. The Labute approximate surface area is 164 Å². The summed E-state index contributed by atoms with van der Waals surface area (Å²) in [5, 5.41) is 3.50. The zero-order chi connectivity index (χ0) is 19.3. The van der Waals surface area contributed by atoms with Crippen LogP contribution in [0.1, 0.15) is 43.2 Å². The average molecular weight is 370 g/mol. The number of fused-ring (bicyclic) bond motifs is 5. The highest BCUT2D eigenvalue weighted by molar-refractivity contribution is 6.14. The summed E-state index contributed by atoms with van der Waals surface area (Å²) in [6.45, 7) is 7.35. The molecule has 0 aliphatic carbocycles. The smallest absolute Gasteiger partial charge is 0.300 e. The first-order valence-corrected chi connectivity index (χ1v) is 10.1. The maximum atomic E-state index is 14.2. The molecular weight excluding hydrogens is 346 g/mol. The number of nitrogens with two attached hydrogens (primary N) is 1. The van der Waals surface area contributed by atoms with Crippen LogP contribution in [0, 0.1) is 0 Å². The summed E-state index contributed by atoms with van der Waals surface area (Å²) in [5.41, 5.74) is 7.08. The van der Waals surface area contributed by atoms with Crippen LogP contribution in [0.2, 0.25) is 0 Å². The predicted octanol–water partition coefficient (Wildman–Crippen LogP) is 3.07. The Kier molecular flexibility index (Phi) is 2.85. The molecule has 3 N–H and O–H groups in total. The summed E-state index contributed by atoms with van der Waals surface area (Å²) < 4.78 is 0. The molecule has 0 radical (unpaired) electrons. The van der Waals surface area contributed by atoms with E-state index in [9.17, 15) is 4.79 Å². The minimum absolute atomic E-state index is 0.177. The topological polar surface area (TPSA) is 52.7 Å². The van der Waals surface area contributed by atoms with Crippen molar-refractivity contribution in [3.63, 3.8) is 0 Å². The molecule has 4 heteroatoms. The zero-order valence-corrected chi connectivity index (χ0v) is 16.5. The van der Waals surface area contributed by atoms with E-state index in [0.29, 0.717) is 0 Å². The van der Waals surface area contributed by atoms with Crippen LogP contribution in [0.4, 0.5) is 5.69 Å². The van der Waals surface area contributed by atoms with Gasteiger partial charge in [-0.1, -0.05) is 36.4 Å². The van der Waals surface area contributed by atoms with Crippen molar-refractivity contribution in [3.8, 4) is 0 Å². The normalized spacial score (nSPS) is 24.5. The van der Waals surface area contributed by atoms with Crippen molar-refractivity contribution in [2.45, 2.75) is 38.3 Å². The van der Waals surface area contributed by atoms with Gasteiger partial charge in [0.1, 0.15) is 0 Å². The van der Waals surface area contributed by atoms with Crippen LogP contribution in [0.25, 0.3) is 16.5 Å². The lowest BCUT2D eigenvalue weighted by Gasteiger charge is -2.39. The van der Waals surface area contributed by atoms with E-state index >= 15 is 0 Å². The number of hydrogen-bond donors (Lipinski definition) is 2. The molecule has 0 saturated carbocycles. The van der Waals surface area contributed by atoms with Crippen LogP contribution in [0.3, 0.4) is 0 Å². The molecule has 4 nitrogen and oxygen atoms in total. The third kappa shape index (κ3) is 1.68. The fourth-order valence-electron chi connectivity index (χ4n) is 5.81. The van der Waals surface area contributed by atoms with Gasteiger partial charge in [-0.2, -0.15) is 0 Å². The Balaban J connectivity index is 1.72. The number of carbonyl (C=O) groups excluding carboxylic acids is 1. The number of nitrogens with one attached hydrogen (secondary N) is 1. The lowest BCUT2D eigenvalue weighted by Crippen LogP contribution is -2.99. The molecule has 1 amide bonds. The number of nitrogens with zero attached hydrogens (tertiary/aromatic N) is 1. The third-order valence-corrected chi connectivity index (χ3v) is 6.85. The second-order valence-electron chi connectivity index (χ2n) is 8.90. The van der Waals surface area contributed by atoms with E-state index in [1.165, 1.54) is 22.1 Å². The zero-order valence-electron chi connectivity index (χ0n) is 16.5. The van der Waals surface area contributed by atoms with Gasteiger partial charge in [0.25, 0.3) is 0 Å². The largest absolute Gasteiger partial charge is 0.352 e. The van der Waals surface area contributed by atoms with E-state index in [2.05, 4.69) is 79.6 Å². The molecule has 4 heterocycles. The molecule has 0 unspecified atom stereocenters. The number of para-hydroxylation sites is 2. The van der Waals surface area contributed by atoms with Gasteiger partial charge in [0.05, 0.1) is 29.0 Å². The summed E-state index contributed by atoms with van der Waals surface area (Å²) in [6.07, 6.45) is 3.20. The SMILES string of the molecule is CC1=CC(C)(C)N2C(=O)[C@]3([NH2+]CCc4c3[nH]c3ccccc43)c3cccc1c32. The van der Waals surface area contributed by atoms with Crippen LogP contribution < -0.4 is 10.2 Å². The maximum Gasteiger partial charge on any atom is 0.300 e. The second-order valence-corrected chi connectivity index (χ2v) is 8.90. The highest BCUT2D eigenvalue weighted by Crippen LogP contribution is 2.52. The van der Waals surface area contributed by atoms with Gasteiger partial charge in [0.15, 0.2) is 0 Å². The summed E-state index contributed by atoms with van der Waals surface area (Å²) in [6, 6.07) is 14.8. The Morgan fingerprint density at radius 1 is 1.11 bits per heavy atom. The summed E-state index contributed by atoms with van der Waals surface area (Å²) in [7, 11) is 0. The predicted molar refractivity (Wildman–Crippen MR) is 111 cm³/mol. The Bertz CT molecular complexity index is 1220. The van der Waals surface area contributed by atoms with Gasteiger partial charge in [0.2, 0.25) is 5.54 Å². The molecular formula is C24H24N3O+. The van der Waals surface area contributed by atoms with E-state index < -0.39 is 5.54 Å². The molecule has 6 rings (SSSR count). The molecule has 1 aromatic heterocycles. The number of benzene rings is 2. The van der Waals surface area contributed by atoms with Crippen molar-refractivity contribution in [1.82, 2.24) is 4.98 Å². The molecule has 0 fully saturated rings. The van der Waals surface area contributed by atoms with Crippen LogP contribution in [0.5, 0.6) is 0 Å². The third-order valence-electron chi connectivity index (χ3n) is 6.85. The van der Waals surface area contributed by atoms with Crippen molar-refractivity contribution in [3.05, 3.63) is 70.9 Å². The lowest BCUT2D eigenvalue weighted by atomic mass is 9.81. The van der Waals surface area contributed by atoms with Crippen LogP contribution >= 0.6 is 0 Å². The molecule has 2 aromatic carbocycles. The summed E-state index contributed by atoms with van der Waals surface area (Å²) in [4.78, 5) is 19.9. The Morgan fingerprint density at radius 3 is 2.79 bits per heavy atom. The molecule has 3 aliphatic rings. The van der Waals surface area contributed by atoms with Crippen molar-refractivity contribution >= 4 is 28.1 Å². The number of allylic oxidation sites excluding steroid dienone is 1. The van der Waals surface area contributed by atoms with Gasteiger partial charge in [-0.25, -0.2) is 0 Å². The van der Waals surface area contributed by atoms with Gasteiger partial charge in [-0.15, -0.1) is 0 Å². The first-order chi connectivity index (χ1) is 13.4. The van der Waals surface area contributed by atoms with Gasteiger partial charge in [-0.05, 0) is 44.0 Å². The van der Waals surface area contributed by atoms with E-state index in [-0.39, 0.29) is 11.4 Å². The molecule has 0 saturated heterocycles. The monoisotopic (exact) mass is 370 g/mol. The number of H-pyrrole nitrogens is 1. The van der Waals surface area contributed by atoms with Crippen molar-refractivity contribution in [2.75, 3.05) is 11.4 Å². The van der Waals surface area contributed by atoms with Crippen molar-refractivity contribution < 1.29 is 10.1 Å². The highest BCUT2D eigenvalue weighted by Gasteiger charge is 2.62. The van der Waals surface area contributed by atoms with Gasteiger partial charge >= 0.3 is 5.91 Å². The molecule has 3 aromatic rings. The maximum absolute atomic E-state index is 14.2. The number of anilines is 1. The molecule has 1 spiro atoms. The fraction of sp³-hybridized carbons (Fsp3) is 0.292. The van der Waals surface area contributed by atoms with E-state index in [1.54, 1.807) is 0 Å². The summed E-state index contributed by atoms with van der Waals surface area (Å²) >= 11 is 0. The first kappa shape index (κ1) is 16.1. The number of rotatable bonds is 0. The van der Waals surface area contributed by atoms with E-state index in [0.717, 1.165) is 35.4 Å². The summed E-state index contributed by atoms with van der Waals surface area (Å²) in [5.74, 6) is 0.177. The van der Waals surface area contributed by atoms with Gasteiger partial charge in [-0.3, -0.25) is 9.69 Å². The number of amides is 1. The first-order valence-electron chi connectivity index (χ1n) is 10.1. The highest BCUT2D eigenvalue weighted by atomic mass is 16.2. The fourth-order valence-corrected chi connectivity index (χ4v) is 5.81. The van der Waals surface area contributed by atoms with Crippen molar-refractivity contribution in [1.29, 1.82) is 0 Å². The van der Waals surface area contributed by atoms with E-state index in [4.69, 9.17) is 0 Å². The van der Waals surface area contributed by atoms with Gasteiger partial charge in [0, 0.05) is 22.9 Å². The molecule has 3 aliphatic heterocycles. The number of aromatic amines is 1. The molecule has 0 bridgehead atoms. The number of quaternary nitrogens is 1. The number of carbonyl (C=O) groups is 1. The minimum atomic E-state index is -0.715. The molecule has 1 atom stereocenters. The minimum Gasteiger partial charge on any atom is -0.352 e.